The number of rotatable bonds is 5. The molecule has 1 aliphatic heterocycles. The Balaban J connectivity index is 1.36. The second-order valence-corrected chi connectivity index (χ2v) is 9.08. The van der Waals surface area contributed by atoms with Crippen LogP contribution in [0, 0.1) is 0 Å². The summed E-state index contributed by atoms with van der Waals surface area (Å²) in [4.78, 5) is 31.3. The molecule has 8 heteroatoms. The molecule has 0 bridgehead atoms. The molecule has 0 saturated heterocycles. The highest BCUT2D eigenvalue weighted by atomic mass is 35.5. The van der Waals surface area contributed by atoms with E-state index in [1.165, 1.54) is 6.20 Å². The minimum Gasteiger partial charge on any atom is -0.457 e. The van der Waals surface area contributed by atoms with Gasteiger partial charge in [-0.25, -0.2) is 0 Å². The molecule has 33 heavy (non-hydrogen) atoms. The van der Waals surface area contributed by atoms with Gasteiger partial charge in [-0.3, -0.25) is 14.6 Å². The Hall–Kier alpha value is -3.09. The lowest BCUT2D eigenvalue weighted by molar-refractivity contribution is -0.120. The van der Waals surface area contributed by atoms with Gasteiger partial charge in [0.15, 0.2) is 0 Å². The van der Waals surface area contributed by atoms with Gasteiger partial charge in [-0.05, 0) is 66.8 Å². The van der Waals surface area contributed by atoms with Crippen LogP contribution in [-0.2, 0) is 16.6 Å². The number of pyridine rings is 1. The summed E-state index contributed by atoms with van der Waals surface area (Å²) in [6.07, 6.45) is 3.88. The lowest BCUT2D eigenvalue weighted by atomic mass is 9.94. The van der Waals surface area contributed by atoms with E-state index in [0.29, 0.717) is 28.1 Å². The maximum absolute atomic E-state index is 13.6. The Bertz CT molecular complexity index is 1270. The summed E-state index contributed by atoms with van der Waals surface area (Å²) in [7, 11) is 1.55. The fourth-order valence-electron chi connectivity index (χ4n) is 4.32. The van der Waals surface area contributed by atoms with E-state index in [2.05, 4.69) is 10.3 Å². The number of aromatic nitrogens is 1. The van der Waals surface area contributed by atoms with Crippen molar-refractivity contribution in [2.75, 3.05) is 18.5 Å². The van der Waals surface area contributed by atoms with Crippen LogP contribution in [0.4, 0.5) is 5.69 Å². The second-order valence-electron chi connectivity index (χ2n) is 8.27. The van der Waals surface area contributed by atoms with Gasteiger partial charge in [-0.1, -0.05) is 29.3 Å². The predicted octanol–water partition coefficient (Wildman–Crippen LogP) is 5.16. The Morgan fingerprint density at radius 1 is 1.03 bits per heavy atom. The Morgan fingerprint density at radius 3 is 2.55 bits per heavy atom. The number of amides is 2. The van der Waals surface area contributed by atoms with E-state index < -0.39 is 5.41 Å². The molecule has 0 atom stereocenters. The van der Waals surface area contributed by atoms with E-state index >= 15 is 0 Å². The maximum atomic E-state index is 13.6. The molecule has 1 aliphatic carbocycles. The van der Waals surface area contributed by atoms with Crippen LogP contribution in [0.5, 0.6) is 11.5 Å². The number of hydrogen-bond acceptors (Lipinski definition) is 4. The number of halogens is 2. The number of anilines is 1. The third kappa shape index (κ3) is 3.94. The average Bonchev–Trinajstić information content (AvgIpc) is 3.53. The number of carbonyl (C=O) groups excluding carboxylic acids is 2. The van der Waals surface area contributed by atoms with Gasteiger partial charge in [0, 0.05) is 31.5 Å². The van der Waals surface area contributed by atoms with Crippen molar-refractivity contribution in [3.05, 3.63) is 81.6 Å². The van der Waals surface area contributed by atoms with E-state index in [-0.39, 0.29) is 17.5 Å². The highest BCUT2D eigenvalue weighted by Crippen LogP contribution is 2.52. The molecule has 1 aromatic heterocycles. The molecule has 5 rings (SSSR count). The molecule has 168 valence electrons. The lowest BCUT2D eigenvalue weighted by Crippen LogP contribution is -2.38. The van der Waals surface area contributed by atoms with Crippen LogP contribution >= 0.6 is 23.2 Å². The van der Waals surface area contributed by atoms with Crippen molar-refractivity contribution in [2.45, 2.75) is 24.7 Å². The first-order valence-corrected chi connectivity index (χ1v) is 11.4. The first-order valence-electron chi connectivity index (χ1n) is 10.7. The lowest BCUT2D eigenvalue weighted by Gasteiger charge is -2.24. The minimum atomic E-state index is -0.529. The standard InChI is InChI=1S/C25H21Cl2N3O3/c1-28-23(31)21-14-18(6-10-29-21)33-17-3-5-22-15(12-17)7-11-30(22)24(32)25(8-9-25)16-2-4-19(26)20(27)13-16/h2-6,10,12-14H,7-9,11H2,1H3,(H,28,31). The van der Waals surface area contributed by atoms with Crippen LogP contribution in [0.15, 0.2) is 54.7 Å². The van der Waals surface area contributed by atoms with Gasteiger partial charge in [-0.15, -0.1) is 0 Å². The van der Waals surface area contributed by atoms with Crippen LogP contribution in [0.25, 0.3) is 0 Å². The molecule has 2 heterocycles. The number of carbonyl (C=O) groups is 2. The monoisotopic (exact) mass is 481 g/mol. The van der Waals surface area contributed by atoms with Crippen LogP contribution in [0.2, 0.25) is 10.0 Å². The van der Waals surface area contributed by atoms with E-state index in [1.807, 2.05) is 35.2 Å². The summed E-state index contributed by atoms with van der Waals surface area (Å²) in [5.74, 6) is 0.978. The zero-order valence-corrected chi connectivity index (χ0v) is 19.4. The molecule has 3 aromatic rings. The zero-order chi connectivity index (χ0) is 23.2. The molecule has 6 nitrogen and oxygen atoms in total. The SMILES string of the molecule is CNC(=O)c1cc(Oc2ccc3c(c2)CCN3C(=O)C2(c3ccc(Cl)c(Cl)c3)CC2)ccn1. The Kier molecular flexibility index (Phi) is 5.51. The predicted molar refractivity (Wildman–Crippen MR) is 128 cm³/mol. The minimum absolute atomic E-state index is 0.0951. The smallest absolute Gasteiger partial charge is 0.269 e. The third-order valence-corrected chi connectivity index (χ3v) is 6.99. The van der Waals surface area contributed by atoms with Gasteiger partial charge in [-0.2, -0.15) is 0 Å². The van der Waals surface area contributed by atoms with Gasteiger partial charge in [0.25, 0.3) is 5.91 Å². The summed E-state index contributed by atoms with van der Waals surface area (Å²) in [5.41, 5.74) is 2.62. The highest BCUT2D eigenvalue weighted by molar-refractivity contribution is 6.42. The average molecular weight is 482 g/mol. The summed E-state index contributed by atoms with van der Waals surface area (Å²) >= 11 is 12.3. The number of hydrogen-bond donors (Lipinski definition) is 1. The summed E-state index contributed by atoms with van der Waals surface area (Å²) in [6.45, 7) is 0.622. The van der Waals surface area contributed by atoms with E-state index in [0.717, 1.165) is 36.1 Å². The molecule has 1 fully saturated rings. The van der Waals surface area contributed by atoms with Crippen LogP contribution in [0.3, 0.4) is 0 Å². The molecular weight excluding hydrogens is 461 g/mol. The van der Waals surface area contributed by atoms with Crippen molar-refractivity contribution in [3.63, 3.8) is 0 Å². The normalized spacial score (nSPS) is 15.7. The molecular formula is C25H21Cl2N3O3. The molecule has 1 N–H and O–H groups in total. The van der Waals surface area contributed by atoms with Crippen molar-refractivity contribution in [1.29, 1.82) is 0 Å². The van der Waals surface area contributed by atoms with Crippen molar-refractivity contribution < 1.29 is 14.3 Å². The molecule has 2 aromatic carbocycles. The molecule has 0 spiro atoms. The van der Waals surface area contributed by atoms with Gasteiger partial charge >= 0.3 is 0 Å². The topological polar surface area (TPSA) is 71.5 Å². The van der Waals surface area contributed by atoms with Gasteiger partial charge in [0.05, 0.1) is 15.5 Å². The maximum Gasteiger partial charge on any atom is 0.269 e. The fraction of sp³-hybridized carbons (Fsp3) is 0.240. The van der Waals surface area contributed by atoms with Gasteiger partial charge in [0.1, 0.15) is 17.2 Å². The molecule has 0 unspecified atom stereocenters. The van der Waals surface area contributed by atoms with Gasteiger partial charge in [0.2, 0.25) is 5.91 Å². The molecule has 2 amide bonds. The fourth-order valence-corrected chi connectivity index (χ4v) is 4.62. The summed E-state index contributed by atoms with van der Waals surface area (Å²) in [5, 5.41) is 3.50. The van der Waals surface area contributed by atoms with Crippen LogP contribution in [-0.4, -0.2) is 30.4 Å². The largest absolute Gasteiger partial charge is 0.457 e. The van der Waals surface area contributed by atoms with Crippen molar-refractivity contribution in [3.8, 4) is 11.5 Å². The van der Waals surface area contributed by atoms with E-state index in [9.17, 15) is 9.59 Å². The van der Waals surface area contributed by atoms with Crippen molar-refractivity contribution in [1.82, 2.24) is 10.3 Å². The Labute approximate surface area is 201 Å². The van der Waals surface area contributed by atoms with Crippen LogP contribution < -0.4 is 15.0 Å². The summed E-state index contributed by atoms with van der Waals surface area (Å²) in [6, 6.07) is 14.5. The number of benzene rings is 2. The first kappa shape index (κ1) is 21.7. The molecule has 1 saturated carbocycles. The second kappa shape index (κ2) is 8.36. The van der Waals surface area contributed by atoms with Gasteiger partial charge < -0.3 is 15.0 Å². The zero-order valence-electron chi connectivity index (χ0n) is 17.9. The quantitative estimate of drug-likeness (QED) is 0.546. The number of fused-ring (bicyclic) bond motifs is 1. The van der Waals surface area contributed by atoms with Crippen LogP contribution in [0.1, 0.15) is 34.5 Å². The van der Waals surface area contributed by atoms with Crippen molar-refractivity contribution >= 4 is 40.7 Å². The number of nitrogens with one attached hydrogen (secondary N) is 1. The third-order valence-electron chi connectivity index (χ3n) is 6.25. The van der Waals surface area contributed by atoms with Crippen molar-refractivity contribution in [2.24, 2.45) is 0 Å². The first-order chi connectivity index (χ1) is 15.9. The summed E-state index contributed by atoms with van der Waals surface area (Å²) < 4.78 is 5.96. The Morgan fingerprint density at radius 2 is 1.82 bits per heavy atom. The number of ether oxygens (including phenoxy) is 1. The highest BCUT2D eigenvalue weighted by Gasteiger charge is 2.54. The number of nitrogens with zero attached hydrogens (tertiary/aromatic N) is 2. The molecule has 2 aliphatic rings. The molecule has 0 radical (unpaired) electrons. The van der Waals surface area contributed by atoms with E-state index in [4.69, 9.17) is 27.9 Å². The van der Waals surface area contributed by atoms with E-state index in [1.54, 1.807) is 25.2 Å².